The van der Waals surface area contributed by atoms with Crippen molar-refractivity contribution in [1.82, 2.24) is 30.3 Å². The first-order valence-electron chi connectivity index (χ1n) is 11.4. The van der Waals surface area contributed by atoms with Gasteiger partial charge in [0.1, 0.15) is 5.75 Å². The molecule has 2 aromatic heterocycles. The molecule has 2 amide bonds. The van der Waals surface area contributed by atoms with Crippen LogP contribution in [0.4, 0.5) is 5.13 Å². The van der Waals surface area contributed by atoms with E-state index in [9.17, 15) is 9.59 Å². The zero-order valence-electron chi connectivity index (χ0n) is 20.5. The quantitative estimate of drug-likeness (QED) is 0.182. The second kappa shape index (κ2) is 13.6. The van der Waals surface area contributed by atoms with E-state index in [1.165, 1.54) is 23.1 Å². The molecule has 2 heterocycles. The smallest absolute Gasteiger partial charge is 0.236 e. The summed E-state index contributed by atoms with van der Waals surface area (Å²) in [6.45, 7) is 2.17. The van der Waals surface area contributed by atoms with Crippen LogP contribution in [0.5, 0.6) is 5.75 Å². The average molecular weight is 590 g/mol. The van der Waals surface area contributed by atoms with Crippen molar-refractivity contribution in [3.05, 3.63) is 64.9 Å². The third kappa shape index (κ3) is 7.69. The van der Waals surface area contributed by atoms with Gasteiger partial charge in [-0.05, 0) is 41.6 Å². The highest BCUT2D eigenvalue weighted by Crippen LogP contribution is 2.27. The van der Waals surface area contributed by atoms with Gasteiger partial charge in [-0.2, -0.15) is 0 Å². The van der Waals surface area contributed by atoms with Gasteiger partial charge in [-0.3, -0.25) is 19.5 Å². The Morgan fingerprint density at radius 3 is 2.61 bits per heavy atom. The number of anilines is 1. The fourth-order valence-corrected chi connectivity index (χ4v) is 5.90. The van der Waals surface area contributed by atoms with E-state index in [1.807, 2.05) is 43.3 Å². The second-order valence-electron chi connectivity index (χ2n) is 7.66. The van der Waals surface area contributed by atoms with Crippen molar-refractivity contribution in [2.45, 2.75) is 29.4 Å². The van der Waals surface area contributed by atoms with Gasteiger partial charge in [0.25, 0.3) is 0 Å². The molecule has 0 bridgehead atoms. The summed E-state index contributed by atoms with van der Waals surface area (Å²) in [5.41, 5.74) is 1.58. The zero-order chi connectivity index (χ0) is 26.9. The fourth-order valence-electron chi connectivity index (χ4n) is 3.28. The number of benzene rings is 2. The third-order valence-electron chi connectivity index (χ3n) is 4.99. The Kier molecular flexibility index (Phi) is 9.98. The fraction of sp³-hybridized carbons (Fsp3) is 0.250. The van der Waals surface area contributed by atoms with Gasteiger partial charge in [-0.15, -0.1) is 20.4 Å². The summed E-state index contributed by atoms with van der Waals surface area (Å²) in [6, 6.07) is 14.5. The molecule has 0 saturated heterocycles. The number of carbonyl (C=O) groups excluding carboxylic acids is 2. The Labute approximate surface area is 236 Å². The summed E-state index contributed by atoms with van der Waals surface area (Å²) < 4.78 is 7.74. The number of nitrogens with zero attached hydrogens (tertiary/aromatic N) is 5. The molecule has 0 atom stereocenters. The van der Waals surface area contributed by atoms with Crippen LogP contribution in [-0.2, 0) is 22.6 Å². The number of hydrogen-bond donors (Lipinski definition) is 2. The number of hydrogen-bond acceptors (Lipinski definition) is 10. The maximum Gasteiger partial charge on any atom is 0.236 e. The van der Waals surface area contributed by atoms with Crippen LogP contribution in [0.1, 0.15) is 18.3 Å². The highest BCUT2D eigenvalue weighted by molar-refractivity contribution is 8.01. The maximum atomic E-state index is 12.6. The highest BCUT2D eigenvalue weighted by atomic mass is 35.5. The van der Waals surface area contributed by atoms with E-state index in [-0.39, 0.29) is 30.5 Å². The van der Waals surface area contributed by atoms with E-state index >= 15 is 0 Å². The van der Waals surface area contributed by atoms with Gasteiger partial charge >= 0.3 is 0 Å². The molecule has 2 N–H and O–H groups in total. The summed E-state index contributed by atoms with van der Waals surface area (Å²) >= 11 is 10.3. The van der Waals surface area contributed by atoms with Gasteiger partial charge in [0, 0.05) is 5.02 Å². The summed E-state index contributed by atoms with van der Waals surface area (Å²) in [5, 5.41) is 23.7. The number of nitrogens with one attached hydrogen (secondary N) is 2. The Bertz CT molecular complexity index is 1400. The first kappa shape index (κ1) is 27.9. The highest BCUT2D eigenvalue weighted by Gasteiger charge is 2.18. The largest absolute Gasteiger partial charge is 0.497 e. The van der Waals surface area contributed by atoms with Crippen molar-refractivity contribution in [3.63, 3.8) is 0 Å². The second-order valence-corrected chi connectivity index (χ2v) is 11.5. The molecule has 0 aliphatic heterocycles. The Morgan fingerprint density at radius 2 is 1.87 bits per heavy atom. The van der Waals surface area contributed by atoms with E-state index in [0.717, 1.165) is 27.1 Å². The van der Waals surface area contributed by atoms with Crippen LogP contribution in [0.15, 0.2) is 58.0 Å². The summed E-state index contributed by atoms with van der Waals surface area (Å²) in [5.74, 6) is 1.78. The molecule has 0 aliphatic rings. The first-order valence-corrected chi connectivity index (χ1v) is 14.6. The molecule has 14 heteroatoms. The zero-order valence-corrected chi connectivity index (χ0v) is 23.7. The first-order chi connectivity index (χ1) is 18.4. The molecule has 2 aromatic carbocycles. The van der Waals surface area contributed by atoms with Crippen LogP contribution < -0.4 is 15.4 Å². The third-order valence-corrected chi connectivity index (χ3v) is 8.01. The van der Waals surface area contributed by atoms with Gasteiger partial charge in [0.15, 0.2) is 15.3 Å². The number of amides is 2. The van der Waals surface area contributed by atoms with Crippen molar-refractivity contribution in [2.75, 3.05) is 23.9 Å². The number of carbonyl (C=O) groups is 2. The number of methoxy groups -OCH3 is 1. The van der Waals surface area contributed by atoms with E-state index in [1.54, 1.807) is 35.6 Å². The molecule has 0 saturated carbocycles. The topological polar surface area (TPSA) is 124 Å². The van der Waals surface area contributed by atoms with Crippen LogP contribution in [0.3, 0.4) is 0 Å². The lowest BCUT2D eigenvalue weighted by Gasteiger charge is -2.11. The van der Waals surface area contributed by atoms with Crippen LogP contribution in [0.2, 0.25) is 5.02 Å². The van der Waals surface area contributed by atoms with Crippen LogP contribution in [-0.4, -0.2) is 55.4 Å². The molecule has 10 nitrogen and oxygen atoms in total. The summed E-state index contributed by atoms with van der Waals surface area (Å²) in [6.07, 6.45) is 0.209. The van der Waals surface area contributed by atoms with E-state index in [4.69, 9.17) is 16.3 Å². The number of rotatable bonds is 12. The van der Waals surface area contributed by atoms with Crippen molar-refractivity contribution in [2.24, 2.45) is 0 Å². The van der Waals surface area contributed by atoms with Gasteiger partial charge in [-0.25, -0.2) is 0 Å². The SMILES string of the molecule is CCSc1nnc(NC(=O)CSc2nnc(CNC(=O)Cc3ccc(OC)cc3)n2-c2cccc(Cl)c2)s1. The number of thioether (sulfide) groups is 2. The maximum absolute atomic E-state index is 12.6. The molecule has 38 heavy (non-hydrogen) atoms. The molecule has 198 valence electrons. The number of aromatic nitrogens is 5. The van der Waals surface area contributed by atoms with E-state index in [2.05, 4.69) is 31.0 Å². The van der Waals surface area contributed by atoms with E-state index < -0.39 is 0 Å². The monoisotopic (exact) mass is 589 g/mol. The normalized spacial score (nSPS) is 10.8. The van der Waals surface area contributed by atoms with Crippen LogP contribution in [0, 0.1) is 0 Å². The predicted molar refractivity (Wildman–Crippen MR) is 151 cm³/mol. The number of ether oxygens (including phenoxy) is 1. The standard InChI is InChI=1S/C24H24ClN7O3S3/c1-3-36-24-31-29-22(38-24)27-21(34)14-37-23-30-28-19(32(23)17-6-4-5-16(25)12-17)13-26-20(33)11-15-7-9-18(35-2)10-8-15/h4-10,12H,3,11,13-14H2,1-2H3,(H,26,33)(H,27,29,34). The molecular formula is C24H24ClN7O3S3. The van der Waals surface area contributed by atoms with Crippen molar-refractivity contribution in [3.8, 4) is 11.4 Å². The average Bonchev–Trinajstić information content (AvgIpc) is 3.53. The lowest BCUT2D eigenvalue weighted by Crippen LogP contribution is -2.26. The molecular weight excluding hydrogens is 566 g/mol. The van der Waals surface area contributed by atoms with Crippen molar-refractivity contribution < 1.29 is 14.3 Å². The summed E-state index contributed by atoms with van der Waals surface area (Å²) in [7, 11) is 1.59. The summed E-state index contributed by atoms with van der Waals surface area (Å²) in [4.78, 5) is 25.1. The Balaban J connectivity index is 1.43. The van der Waals surface area contributed by atoms with Crippen LogP contribution >= 0.6 is 46.5 Å². The van der Waals surface area contributed by atoms with Crippen LogP contribution in [0.25, 0.3) is 5.69 Å². The molecule has 0 aliphatic carbocycles. The van der Waals surface area contributed by atoms with Gasteiger partial charge < -0.3 is 10.1 Å². The number of halogens is 1. The van der Waals surface area contributed by atoms with E-state index in [0.29, 0.717) is 21.1 Å². The minimum absolute atomic E-state index is 0.0817. The lowest BCUT2D eigenvalue weighted by molar-refractivity contribution is -0.120. The molecule has 0 radical (unpaired) electrons. The minimum atomic E-state index is -0.241. The molecule has 4 aromatic rings. The molecule has 4 rings (SSSR count). The predicted octanol–water partition coefficient (Wildman–Crippen LogP) is 4.48. The van der Waals surface area contributed by atoms with Crippen molar-refractivity contribution >= 4 is 63.4 Å². The molecule has 0 spiro atoms. The van der Waals surface area contributed by atoms with Crippen molar-refractivity contribution in [1.29, 1.82) is 0 Å². The van der Waals surface area contributed by atoms with Gasteiger partial charge in [0.05, 0.1) is 31.5 Å². The van der Waals surface area contributed by atoms with Gasteiger partial charge in [-0.1, -0.05) is 71.6 Å². The Hall–Kier alpha value is -3.13. The minimum Gasteiger partial charge on any atom is -0.497 e. The molecule has 0 unspecified atom stereocenters. The molecule has 0 fully saturated rings. The van der Waals surface area contributed by atoms with Gasteiger partial charge in [0.2, 0.25) is 16.9 Å². The lowest BCUT2D eigenvalue weighted by atomic mass is 10.1. The Morgan fingerprint density at radius 1 is 1.05 bits per heavy atom.